The van der Waals surface area contributed by atoms with Crippen molar-refractivity contribution in [2.75, 3.05) is 47.5 Å². The van der Waals surface area contributed by atoms with Gasteiger partial charge in [0.15, 0.2) is 6.10 Å². The Morgan fingerprint density at radius 3 is 0.828 bits per heavy atom. The van der Waals surface area contributed by atoms with E-state index in [-0.39, 0.29) is 38.6 Å². The molecule has 2 atom stereocenters. The third-order valence-electron chi connectivity index (χ3n) is 16.3. The molecular weight excluding hydrogens is 1220 g/mol. The van der Waals surface area contributed by atoms with Crippen molar-refractivity contribution >= 4 is 17.9 Å². The molecule has 0 spiro atoms. The van der Waals surface area contributed by atoms with Crippen LogP contribution in [0.25, 0.3) is 0 Å². The number of likely N-dealkylation sites (N-methyl/N-ethyl adjacent to an activating group) is 1. The average Bonchev–Trinajstić information content (AvgIpc) is 1.57. The van der Waals surface area contributed by atoms with E-state index in [0.717, 1.165) is 135 Å². The summed E-state index contributed by atoms with van der Waals surface area (Å²) >= 11 is 0. The van der Waals surface area contributed by atoms with Crippen LogP contribution < -0.4 is 0 Å². The molecular formula is C90H146NO8+. The van der Waals surface area contributed by atoms with Crippen molar-refractivity contribution in [2.45, 2.75) is 309 Å². The van der Waals surface area contributed by atoms with Crippen LogP contribution in [0.3, 0.4) is 0 Å². The van der Waals surface area contributed by atoms with Gasteiger partial charge >= 0.3 is 17.9 Å². The maximum Gasteiger partial charge on any atom is 0.361 e. The summed E-state index contributed by atoms with van der Waals surface area (Å²) < 4.78 is 23.0. The first kappa shape index (κ1) is 93.1. The summed E-state index contributed by atoms with van der Waals surface area (Å²) in [7, 11) is 5.96. The summed E-state index contributed by atoms with van der Waals surface area (Å²) in [6, 6.07) is 0. The standard InChI is InChI=1S/C90H145NO8/c1-6-8-10-12-14-16-18-20-22-24-26-28-30-32-34-36-38-40-41-42-43-44-45-46-47-49-50-52-54-56-58-60-62-64-66-68-70-72-74-76-78-80-87(92)97-84-86(85-98-90(89(94)95)96-83-82-91(3,4)5)99-88(93)81-79-77-75-73-71-69-67-65-63-61-59-57-55-53-51-48-39-37-35-33-31-29-27-25-23-21-19-17-15-13-11-9-7-2/h8-11,14-17,20-23,26-29,32-35,38-40,48,53,55,59,61,65,67,71,73,86,90H,6-7,12-13,18-19,24-25,30-31,36-37,41-47,49-52,54,56-58,60,62-64,66,68-70,72,74-85H2,1-5H3/p+1/b10-8-,11-9-,16-14-,17-15-,22-20-,23-21-,28-26-,29-27-,34-32-,35-33-,40-38-,48-39-,55-53-,61-59-,67-65-,73-71-. The van der Waals surface area contributed by atoms with E-state index in [2.05, 4.69) is 208 Å². The topological polar surface area (TPSA) is 108 Å². The van der Waals surface area contributed by atoms with E-state index in [4.69, 9.17) is 18.9 Å². The fourth-order valence-electron chi connectivity index (χ4n) is 10.4. The van der Waals surface area contributed by atoms with Gasteiger partial charge in [-0.05, 0) is 141 Å². The highest BCUT2D eigenvalue weighted by molar-refractivity contribution is 5.71. The van der Waals surface area contributed by atoms with E-state index >= 15 is 0 Å². The number of unbranched alkanes of at least 4 members (excludes halogenated alkanes) is 24. The van der Waals surface area contributed by atoms with Gasteiger partial charge in [-0.25, -0.2) is 4.79 Å². The summed E-state index contributed by atoms with van der Waals surface area (Å²) in [5, 5.41) is 9.77. The number of quaternary nitrogens is 1. The molecule has 0 aliphatic heterocycles. The highest BCUT2D eigenvalue weighted by atomic mass is 16.7. The molecule has 0 saturated heterocycles. The molecule has 0 aliphatic carbocycles. The van der Waals surface area contributed by atoms with E-state index in [9.17, 15) is 19.5 Å². The zero-order valence-electron chi connectivity index (χ0n) is 63.8. The van der Waals surface area contributed by atoms with Crippen molar-refractivity contribution in [3.63, 3.8) is 0 Å². The number of hydrogen-bond acceptors (Lipinski definition) is 7. The van der Waals surface area contributed by atoms with Gasteiger partial charge in [-0.2, -0.15) is 0 Å². The van der Waals surface area contributed by atoms with E-state index in [0.29, 0.717) is 17.4 Å². The summed E-state index contributed by atoms with van der Waals surface area (Å²) in [6.45, 7) is 4.60. The predicted molar refractivity (Wildman–Crippen MR) is 428 cm³/mol. The van der Waals surface area contributed by atoms with Gasteiger partial charge in [0, 0.05) is 12.8 Å². The molecule has 0 aromatic carbocycles. The molecule has 2 unspecified atom stereocenters. The van der Waals surface area contributed by atoms with Crippen LogP contribution >= 0.6 is 0 Å². The van der Waals surface area contributed by atoms with Gasteiger partial charge in [0.25, 0.3) is 6.29 Å². The molecule has 1 N–H and O–H groups in total. The van der Waals surface area contributed by atoms with E-state index in [1.165, 1.54) is 128 Å². The highest BCUT2D eigenvalue weighted by Crippen LogP contribution is 2.17. The molecule has 0 amide bonds. The molecule has 558 valence electrons. The molecule has 0 fully saturated rings. The number of hydrogen-bond donors (Lipinski definition) is 1. The third kappa shape index (κ3) is 79.3. The minimum Gasteiger partial charge on any atom is -0.477 e. The fraction of sp³-hybridized carbons (Fsp3) is 0.611. The normalized spacial score (nSPS) is 13.7. The lowest BCUT2D eigenvalue weighted by molar-refractivity contribution is -0.870. The second-order valence-electron chi connectivity index (χ2n) is 26.9. The van der Waals surface area contributed by atoms with Crippen LogP contribution in [-0.2, 0) is 33.3 Å². The van der Waals surface area contributed by atoms with Gasteiger partial charge < -0.3 is 28.5 Å². The molecule has 0 rings (SSSR count). The van der Waals surface area contributed by atoms with Crippen LogP contribution in [-0.4, -0.2) is 87.4 Å². The van der Waals surface area contributed by atoms with Crippen molar-refractivity contribution in [1.82, 2.24) is 0 Å². The Hall–Kier alpha value is -5.87. The zero-order valence-corrected chi connectivity index (χ0v) is 63.8. The van der Waals surface area contributed by atoms with Crippen LogP contribution in [0.15, 0.2) is 194 Å². The number of carbonyl (C=O) groups is 3. The van der Waals surface area contributed by atoms with Crippen LogP contribution in [0.4, 0.5) is 0 Å². The van der Waals surface area contributed by atoms with Gasteiger partial charge in [0.2, 0.25) is 0 Å². The van der Waals surface area contributed by atoms with E-state index in [1.807, 2.05) is 21.1 Å². The number of aliphatic carboxylic acids is 1. The van der Waals surface area contributed by atoms with Crippen molar-refractivity contribution in [3.05, 3.63) is 194 Å². The Balaban J connectivity index is 4.12. The molecule has 9 heteroatoms. The zero-order chi connectivity index (χ0) is 71.8. The first-order chi connectivity index (χ1) is 48.6. The first-order valence-corrected chi connectivity index (χ1v) is 39.6. The Morgan fingerprint density at radius 1 is 0.303 bits per heavy atom. The molecule has 9 nitrogen and oxygen atoms in total. The maximum absolute atomic E-state index is 13.0. The molecule has 0 bridgehead atoms. The summed E-state index contributed by atoms with van der Waals surface area (Å²) in [6.07, 6.45) is 117. The molecule has 0 heterocycles. The number of rotatable bonds is 71. The lowest BCUT2D eigenvalue weighted by Gasteiger charge is -2.25. The predicted octanol–water partition coefficient (Wildman–Crippen LogP) is 25.7. The van der Waals surface area contributed by atoms with Crippen LogP contribution in [0.2, 0.25) is 0 Å². The third-order valence-corrected chi connectivity index (χ3v) is 16.3. The quantitative estimate of drug-likeness (QED) is 0.0211. The highest BCUT2D eigenvalue weighted by Gasteiger charge is 2.25. The first-order valence-electron chi connectivity index (χ1n) is 39.6. The van der Waals surface area contributed by atoms with Crippen molar-refractivity contribution in [1.29, 1.82) is 0 Å². The lowest BCUT2D eigenvalue weighted by Crippen LogP contribution is -2.40. The second kappa shape index (κ2) is 77.9. The molecule has 0 saturated carbocycles. The van der Waals surface area contributed by atoms with E-state index in [1.54, 1.807) is 0 Å². The smallest absolute Gasteiger partial charge is 0.361 e. The van der Waals surface area contributed by atoms with Gasteiger partial charge in [0.05, 0.1) is 34.4 Å². The number of nitrogens with zero attached hydrogens (tertiary/aromatic N) is 1. The van der Waals surface area contributed by atoms with Gasteiger partial charge in [0.1, 0.15) is 13.2 Å². The van der Waals surface area contributed by atoms with Crippen LogP contribution in [0, 0.1) is 0 Å². The monoisotopic (exact) mass is 1370 g/mol. The fourth-order valence-corrected chi connectivity index (χ4v) is 10.4. The van der Waals surface area contributed by atoms with Gasteiger partial charge in [-0.15, -0.1) is 0 Å². The minimum atomic E-state index is -1.53. The minimum absolute atomic E-state index is 0.171. The Kier molecular flexibility index (Phi) is 73.2. The number of carboxylic acid groups (broad SMARTS) is 1. The van der Waals surface area contributed by atoms with E-state index < -0.39 is 24.3 Å². The van der Waals surface area contributed by atoms with Gasteiger partial charge in [-0.1, -0.05) is 337 Å². The molecule has 0 radical (unpaired) electrons. The number of ether oxygens (including phenoxy) is 4. The summed E-state index contributed by atoms with van der Waals surface area (Å²) in [4.78, 5) is 37.7. The Bertz CT molecular complexity index is 2340. The number of carboxylic acids is 1. The molecule has 99 heavy (non-hydrogen) atoms. The Labute approximate surface area is 608 Å². The van der Waals surface area contributed by atoms with Crippen molar-refractivity contribution < 1.29 is 42.9 Å². The number of carbonyl (C=O) groups excluding carboxylic acids is 2. The SMILES string of the molecule is CC/C=C\C/C=C\C/C=C\C/C=C\C/C=C\C/C=C\C/C=C\C/C=C\C/C=C\C/C=C\CCCCC(=O)OC(COC(=O)CCCCCCCCCCCCCCCCCCCCCCCC/C=C\C/C=C\C/C=C\C/C=C\C/C=C\C/C=C\CC)COC(OCC[N+](C)(C)C)C(=O)O. The van der Waals surface area contributed by atoms with Gasteiger partial charge in [-0.3, -0.25) is 9.59 Å². The van der Waals surface area contributed by atoms with Crippen molar-refractivity contribution in [3.8, 4) is 0 Å². The summed E-state index contributed by atoms with van der Waals surface area (Å²) in [5.41, 5.74) is 0. The summed E-state index contributed by atoms with van der Waals surface area (Å²) in [5.74, 6) is -2.07. The maximum atomic E-state index is 13.0. The molecule has 0 aromatic heterocycles. The molecule has 0 aromatic rings. The molecule has 0 aliphatic rings. The average molecular weight is 1370 g/mol. The van der Waals surface area contributed by atoms with Crippen LogP contribution in [0.5, 0.6) is 0 Å². The largest absolute Gasteiger partial charge is 0.477 e. The number of allylic oxidation sites excluding steroid dienone is 32. The van der Waals surface area contributed by atoms with Crippen LogP contribution in [0.1, 0.15) is 296 Å². The second-order valence-corrected chi connectivity index (χ2v) is 26.9. The Morgan fingerprint density at radius 2 is 0.545 bits per heavy atom. The van der Waals surface area contributed by atoms with Crippen molar-refractivity contribution in [2.24, 2.45) is 0 Å². The lowest BCUT2D eigenvalue weighted by atomic mass is 10.0. The number of esters is 2.